The highest BCUT2D eigenvalue weighted by Crippen LogP contribution is 2.11. The zero-order valence-electron chi connectivity index (χ0n) is 13.1. The number of aryl methyl sites for hydroxylation is 2. The molecule has 4 N–H and O–H groups in total. The number of nitrogens with one attached hydrogen (secondary N) is 2. The number of urea groups is 1. The van der Waals surface area contributed by atoms with Gasteiger partial charge in [-0.25, -0.2) is 9.78 Å². The highest BCUT2D eigenvalue weighted by Gasteiger charge is 2.11. The van der Waals surface area contributed by atoms with E-state index in [0.717, 1.165) is 23.5 Å². The number of thiazole rings is 1. The number of carbonyl (C=O) groups excluding carboxylic acids is 1. The van der Waals surface area contributed by atoms with E-state index in [0.29, 0.717) is 24.6 Å². The van der Waals surface area contributed by atoms with Crippen LogP contribution in [-0.2, 0) is 12.8 Å². The Morgan fingerprint density at radius 1 is 1.45 bits per heavy atom. The van der Waals surface area contributed by atoms with Gasteiger partial charge in [0, 0.05) is 37.6 Å². The van der Waals surface area contributed by atoms with Crippen molar-refractivity contribution in [3.8, 4) is 0 Å². The summed E-state index contributed by atoms with van der Waals surface area (Å²) in [5.74, 6) is 0. The maximum Gasteiger partial charge on any atom is 0.317 e. The van der Waals surface area contributed by atoms with Gasteiger partial charge in [-0.15, -0.1) is 11.3 Å². The average Bonchev–Trinajstić information content (AvgIpc) is 3.03. The highest BCUT2D eigenvalue weighted by atomic mass is 32.1. The number of likely N-dealkylation sites (N-methyl/N-ethyl adjacent to an activating group) is 1. The topological polar surface area (TPSA) is 99.9 Å². The van der Waals surface area contributed by atoms with Crippen LogP contribution in [0.4, 0.5) is 9.93 Å². The van der Waals surface area contributed by atoms with E-state index in [1.54, 1.807) is 11.9 Å². The summed E-state index contributed by atoms with van der Waals surface area (Å²) in [6.45, 7) is 5.17. The van der Waals surface area contributed by atoms with Crippen LogP contribution in [0.5, 0.6) is 0 Å². The summed E-state index contributed by atoms with van der Waals surface area (Å²) < 4.78 is 0. The largest absolute Gasteiger partial charge is 0.375 e. The van der Waals surface area contributed by atoms with Crippen molar-refractivity contribution in [2.45, 2.75) is 26.7 Å². The molecule has 2 aromatic rings. The Balaban J connectivity index is 1.73. The summed E-state index contributed by atoms with van der Waals surface area (Å²) in [6.07, 6.45) is 1.48. The fourth-order valence-electron chi connectivity index (χ4n) is 2.19. The van der Waals surface area contributed by atoms with Crippen LogP contribution < -0.4 is 11.1 Å². The normalized spacial score (nSPS) is 10.7. The SMILES string of the molecule is Cc1n[nH]c(C)c1CCN(C)C(=O)NCCc1csc(N)n1. The molecule has 0 spiro atoms. The van der Waals surface area contributed by atoms with Gasteiger partial charge >= 0.3 is 6.03 Å². The molecule has 0 atom stereocenters. The Kier molecular flexibility index (Phi) is 5.37. The number of nitrogens with two attached hydrogens (primary N) is 1. The molecule has 2 amide bonds. The smallest absolute Gasteiger partial charge is 0.317 e. The summed E-state index contributed by atoms with van der Waals surface area (Å²) in [5.41, 5.74) is 9.72. The molecule has 0 fully saturated rings. The number of anilines is 1. The molecule has 0 radical (unpaired) electrons. The number of hydrogen-bond acceptors (Lipinski definition) is 5. The average molecular weight is 322 g/mol. The number of aromatic nitrogens is 3. The first-order chi connectivity index (χ1) is 10.5. The van der Waals surface area contributed by atoms with Crippen LogP contribution in [0.2, 0.25) is 0 Å². The maximum atomic E-state index is 12.0. The van der Waals surface area contributed by atoms with Gasteiger partial charge in [-0.1, -0.05) is 0 Å². The number of carbonyl (C=O) groups is 1. The number of nitrogens with zero attached hydrogens (tertiary/aromatic N) is 3. The summed E-state index contributed by atoms with van der Waals surface area (Å²) in [5, 5.41) is 12.5. The molecule has 2 aromatic heterocycles. The van der Waals surface area contributed by atoms with Gasteiger partial charge in [0.25, 0.3) is 0 Å². The molecular weight excluding hydrogens is 300 g/mol. The lowest BCUT2D eigenvalue weighted by Crippen LogP contribution is -2.39. The summed E-state index contributed by atoms with van der Waals surface area (Å²) in [4.78, 5) is 17.9. The molecule has 0 saturated carbocycles. The van der Waals surface area contributed by atoms with Gasteiger partial charge in [-0.3, -0.25) is 5.10 Å². The molecule has 0 unspecified atom stereocenters. The van der Waals surface area contributed by atoms with E-state index in [1.807, 2.05) is 19.2 Å². The molecule has 120 valence electrons. The van der Waals surface area contributed by atoms with Crippen molar-refractivity contribution in [1.82, 2.24) is 25.4 Å². The lowest BCUT2D eigenvalue weighted by Gasteiger charge is -2.17. The number of aromatic amines is 1. The van der Waals surface area contributed by atoms with E-state index >= 15 is 0 Å². The van der Waals surface area contributed by atoms with E-state index in [2.05, 4.69) is 20.5 Å². The van der Waals surface area contributed by atoms with Crippen LogP contribution in [0, 0.1) is 13.8 Å². The van der Waals surface area contributed by atoms with E-state index in [9.17, 15) is 4.79 Å². The molecule has 0 saturated heterocycles. The lowest BCUT2D eigenvalue weighted by molar-refractivity contribution is 0.209. The van der Waals surface area contributed by atoms with Crippen LogP contribution in [0.1, 0.15) is 22.6 Å². The van der Waals surface area contributed by atoms with Gasteiger partial charge in [-0.2, -0.15) is 5.10 Å². The van der Waals surface area contributed by atoms with E-state index < -0.39 is 0 Å². The van der Waals surface area contributed by atoms with Gasteiger partial charge in [0.15, 0.2) is 5.13 Å². The Labute approximate surface area is 133 Å². The fourth-order valence-corrected chi connectivity index (χ4v) is 2.79. The first-order valence-electron chi connectivity index (χ1n) is 7.16. The second-order valence-electron chi connectivity index (χ2n) is 5.24. The molecule has 8 heteroatoms. The zero-order valence-corrected chi connectivity index (χ0v) is 14.0. The molecule has 0 bridgehead atoms. The number of hydrogen-bond donors (Lipinski definition) is 3. The Bertz CT molecular complexity index is 616. The first kappa shape index (κ1) is 16.3. The number of rotatable bonds is 6. The fraction of sp³-hybridized carbons (Fsp3) is 0.500. The number of H-pyrrole nitrogens is 1. The van der Waals surface area contributed by atoms with Crippen LogP contribution in [0.25, 0.3) is 0 Å². The third kappa shape index (κ3) is 4.20. The van der Waals surface area contributed by atoms with E-state index in [4.69, 9.17) is 5.73 Å². The third-order valence-corrected chi connectivity index (χ3v) is 4.27. The second-order valence-corrected chi connectivity index (χ2v) is 6.13. The van der Waals surface area contributed by atoms with Gasteiger partial charge in [0.05, 0.1) is 11.4 Å². The molecule has 0 aromatic carbocycles. The van der Waals surface area contributed by atoms with Gasteiger partial charge in [0.1, 0.15) is 0 Å². The van der Waals surface area contributed by atoms with Crippen molar-refractivity contribution < 1.29 is 4.79 Å². The number of amides is 2. The summed E-state index contributed by atoms with van der Waals surface area (Å²) in [7, 11) is 1.79. The molecule has 0 aliphatic carbocycles. The van der Waals surface area contributed by atoms with Crippen molar-refractivity contribution in [3.05, 3.63) is 28.0 Å². The Morgan fingerprint density at radius 3 is 2.82 bits per heavy atom. The standard InChI is InChI=1S/C14H22N6OS/c1-9-12(10(2)19-18-9)5-7-20(3)14(21)16-6-4-11-8-22-13(15)17-11/h8H,4-7H2,1-3H3,(H2,15,17)(H,16,21)(H,18,19). The highest BCUT2D eigenvalue weighted by molar-refractivity contribution is 7.13. The lowest BCUT2D eigenvalue weighted by atomic mass is 10.1. The van der Waals surface area contributed by atoms with Gasteiger partial charge in [-0.05, 0) is 25.8 Å². The van der Waals surface area contributed by atoms with Crippen molar-refractivity contribution in [2.24, 2.45) is 0 Å². The summed E-state index contributed by atoms with van der Waals surface area (Å²) >= 11 is 1.41. The first-order valence-corrected chi connectivity index (χ1v) is 8.04. The van der Waals surface area contributed by atoms with Crippen LogP contribution >= 0.6 is 11.3 Å². The minimum atomic E-state index is -0.0815. The van der Waals surface area contributed by atoms with Gasteiger partial charge in [0.2, 0.25) is 0 Å². The van der Waals surface area contributed by atoms with Gasteiger partial charge < -0.3 is 16.0 Å². The molecule has 22 heavy (non-hydrogen) atoms. The minimum absolute atomic E-state index is 0.0815. The summed E-state index contributed by atoms with van der Waals surface area (Å²) in [6, 6.07) is -0.0815. The van der Waals surface area contributed by atoms with Crippen molar-refractivity contribution in [3.63, 3.8) is 0 Å². The monoisotopic (exact) mass is 322 g/mol. The molecule has 0 aliphatic rings. The predicted molar refractivity (Wildman–Crippen MR) is 88.0 cm³/mol. The van der Waals surface area contributed by atoms with Crippen LogP contribution in [0.3, 0.4) is 0 Å². The molecular formula is C14H22N6OS. The van der Waals surface area contributed by atoms with E-state index in [1.165, 1.54) is 16.9 Å². The third-order valence-electron chi connectivity index (χ3n) is 3.55. The quantitative estimate of drug-likeness (QED) is 0.750. The molecule has 2 rings (SSSR count). The van der Waals surface area contributed by atoms with Crippen LogP contribution in [-0.4, -0.2) is 46.2 Å². The Morgan fingerprint density at radius 2 is 2.23 bits per heavy atom. The van der Waals surface area contributed by atoms with Crippen molar-refractivity contribution >= 4 is 22.5 Å². The molecule has 7 nitrogen and oxygen atoms in total. The Hall–Kier alpha value is -2.09. The molecule has 2 heterocycles. The number of nitrogen functional groups attached to an aromatic ring is 1. The second kappa shape index (κ2) is 7.26. The zero-order chi connectivity index (χ0) is 16.1. The van der Waals surface area contributed by atoms with Crippen molar-refractivity contribution in [1.29, 1.82) is 0 Å². The van der Waals surface area contributed by atoms with E-state index in [-0.39, 0.29) is 6.03 Å². The van der Waals surface area contributed by atoms with Crippen molar-refractivity contribution in [2.75, 3.05) is 25.9 Å². The van der Waals surface area contributed by atoms with Crippen LogP contribution in [0.15, 0.2) is 5.38 Å². The maximum absolute atomic E-state index is 12.0. The minimum Gasteiger partial charge on any atom is -0.375 e. The predicted octanol–water partition coefficient (Wildman–Crippen LogP) is 1.49. The molecule has 0 aliphatic heterocycles.